The zero-order chi connectivity index (χ0) is 35.8. The molecule has 0 aromatic rings. The lowest BCUT2D eigenvalue weighted by Gasteiger charge is -2.39. The minimum absolute atomic E-state index is 0.110. The Morgan fingerprint density at radius 2 is 1.12 bits per heavy atom. The van der Waals surface area contributed by atoms with Crippen molar-refractivity contribution in [3.05, 3.63) is 12.2 Å². The number of carbonyl (C=O) groups excluding carboxylic acids is 1. The SMILES string of the molecule is CCCCCCCC/C=C\CCCCCCCCCCOCC(COC1OC(CO)C(O)C(O)C1O)OC(=O)CCCCCCCCCC. The quantitative estimate of drug-likeness (QED) is 0.0299. The number of allylic oxidation sites excluding steroid dienone is 2. The number of hydrogen-bond acceptors (Lipinski definition) is 9. The standard InChI is InChI=1S/C40H76O9/c1-3-5-7-9-11-13-14-15-16-17-18-19-20-21-22-24-26-28-30-46-32-34(48-36(42)29-27-25-23-12-10-8-6-4-2)33-47-40-39(45)38(44)37(43)35(31-41)49-40/h15-16,34-35,37-41,43-45H,3-14,17-33H2,1-2H3/b16-15-. The fraction of sp³-hybridized carbons (Fsp3) is 0.925. The van der Waals surface area contributed by atoms with E-state index in [9.17, 15) is 25.2 Å². The van der Waals surface area contributed by atoms with Gasteiger partial charge in [0.1, 0.15) is 30.5 Å². The average Bonchev–Trinajstić information content (AvgIpc) is 3.10. The number of ether oxygens (including phenoxy) is 4. The zero-order valence-corrected chi connectivity index (χ0v) is 31.5. The molecule has 0 radical (unpaired) electrons. The van der Waals surface area contributed by atoms with Crippen LogP contribution in [0.2, 0.25) is 0 Å². The second-order valence-electron chi connectivity index (χ2n) is 14.1. The Morgan fingerprint density at radius 1 is 0.633 bits per heavy atom. The molecule has 0 aromatic carbocycles. The summed E-state index contributed by atoms with van der Waals surface area (Å²) in [6.07, 6.45) is 26.8. The maximum absolute atomic E-state index is 12.6. The highest BCUT2D eigenvalue weighted by Gasteiger charge is 2.44. The van der Waals surface area contributed by atoms with Crippen molar-refractivity contribution in [3.8, 4) is 0 Å². The summed E-state index contributed by atoms with van der Waals surface area (Å²) in [5.74, 6) is -0.318. The predicted molar refractivity (Wildman–Crippen MR) is 196 cm³/mol. The highest BCUT2D eigenvalue weighted by Crippen LogP contribution is 2.22. The lowest BCUT2D eigenvalue weighted by atomic mass is 9.99. The maximum atomic E-state index is 12.6. The van der Waals surface area contributed by atoms with Crippen molar-refractivity contribution < 1.29 is 44.2 Å². The van der Waals surface area contributed by atoms with E-state index in [1.807, 2.05) is 0 Å². The molecule has 290 valence electrons. The number of aliphatic hydroxyl groups is 4. The third-order valence-corrected chi connectivity index (χ3v) is 9.43. The molecule has 0 amide bonds. The van der Waals surface area contributed by atoms with Crippen molar-refractivity contribution in [1.29, 1.82) is 0 Å². The molecule has 0 aliphatic carbocycles. The van der Waals surface area contributed by atoms with Crippen molar-refractivity contribution in [1.82, 2.24) is 0 Å². The van der Waals surface area contributed by atoms with Gasteiger partial charge in [0.25, 0.3) is 0 Å². The summed E-state index contributed by atoms with van der Waals surface area (Å²) in [4.78, 5) is 12.6. The number of carbonyl (C=O) groups is 1. The van der Waals surface area contributed by atoms with E-state index in [4.69, 9.17) is 18.9 Å². The van der Waals surface area contributed by atoms with E-state index in [2.05, 4.69) is 26.0 Å². The van der Waals surface area contributed by atoms with Crippen LogP contribution in [-0.2, 0) is 23.7 Å². The molecule has 0 aromatic heterocycles. The van der Waals surface area contributed by atoms with Crippen molar-refractivity contribution in [3.63, 3.8) is 0 Å². The Morgan fingerprint density at radius 3 is 1.65 bits per heavy atom. The van der Waals surface area contributed by atoms with E-state index in [1.54, 1.807) is 0 Å². The van der Waals surface area contributed by atoms with Gasteiger partial charge in [0.2, 0.25) is 0 Å². The Labute approximate surface area is 299 Å². The third-order valence-electron chi connectivity index (χ3n) is 9.43. The summed E-state index contributed by atoms with van der Waals surface area (Å²) in [6.45, 7) is 4.52. The lowest BCUT2D eigenvalue weighted by molar-refractivity contribution is -0.305. The van der Waals surface area contributed by atoms with Crippen molar-refractivity contribution >= 4 is 5.97 Å². The molecule has 9 nitrogen and oxygen atoms in total. The maximum Gasteiger partial charge on any atom is 0.306 e. The normalized spacial score (nSPS) is 21.8. The second-order valence-corrected chi connectivity index (χ2v) is 14.1. The minimum atomic E-state index is -1.53. The molecule has 0 spiro atoms. The van der Waals surface area contributed by atoms with Gasteiger partial charge >= 0.3 is 5.97 Å². The summed E-state index contributed by atoms with van der Waals surface area (Å²) in [5, 5.41) is 39.9. The molecule has 6 unspecified atom stereocenters. The van der Waals surface area contributed by atoms with Crippen LogP contribution in [0.4, 0.5) is 0 Å². The van der Waals surface area contributed by atoms with Crippen molar-refractivity contribution in [2.24, 2.45) is 0 Å². The fourth-order valence-corrected chi connectivity index (χ4v) is 6.19. The van der Waals surface area contributed by atoms with Crippen LogP contribution in [0.5, 0.6) is 0 Å². The van der Waals surface area contributed by atoms with Gasteiger partial charge in [-0.2, -0.15) is 0 Å². The molecular formula is C40H76O9. The first-order valence-corrected chi connectivity index (χ1v) is 20.3. The summed E-state index contributed by atoms with van der Waals surface area (Å²) in [5.41, 5.74) is 0. The van der Waals surface area contributed by atoms with Gasteiger partial charge in [0, 0.05) is 13.0 Å². The van der Waals surface area contributed by atoms with E-state index >= 15 is 0 Å². The van der Waals surface area contributed by atoms with Crippen LogP contribution in [0.15, 0.2) is 12.2 Å². The van der Waals surface area contributed by atoms with Gasteiger partial charge in [0.15, 0.2) is 6.29 Å². The lowest BCUT2D eigenvalue weighted by Crippen LogP contribution is -2.59. The summed E-state index contributed by atoms with van der Waals surface area (Å²) in [6, 6.07) is 0. The highest BCUT2D eigenvalue weighted by molar-refractivity contribution is 5.69. The molecule has 1 saturated heterocycles. The largest absolute Gasteiger partial charge is 0.457 e. The highest BCUT2D eigenvalue weighted by atomic mass is 16.7. The summed E-state index contributed by atoms with van der Waals surface area (Å²) in [7, 11) is 0. The molecule has 49 heavy (non-hydrogen) atoms. The summed E-state index contributed by atoms with van der Waals surface area (Å²) < 4.78 is 22.7. The Bertz CT molecular complexity index is 762. The second kappa shape index (κ2) is 32.8. The van der Waals surface area contributed by atoms with E-state index < -0.39 is 43.4 Å². The number of esters is 1. The molecular weight excluding hydrogens is 624 g/mol. The Hall–Kier alpha value is -1.07. The van der Waals surface area contributed by atoms with Crippen LogP contribution in [0, 0.1) is 0 Å². The Kier molecular flexibility index (Phi) is 30.8. The van der Waals surface area contributed by atoms with Crippen LogP contribution < -0.4 is 0 Å². The molecule has 1 rings (SSSR count). The smallest absolute Gasteiger partial charge is 0.306 e. The van der Waals surface area contributed by atoms with Gasteiger partial charge in [-0.05, 0) is 38.5 Å². The van der Waals surface area contributed by atoms with E-state index in [0.717, 1.165) is 32.1 Å². The summed E-state index contributed by atoms with van der Waals surface area (Å²) >= 11 is 0. The van der Waals surface area contributed by atoms with Crippen LogP contribution >= 0.6 is 0 Å². The van der Waals surface area contributed by atoms with E-state index in [1.165, 1.54) is 122 Å². The fourth-order valence-electron chi connectivity index (χ4n) is 6.19. The van der Waals surface area contributed by atoms with E-state index in [0.29, 0.717) is 13.0 Å². The molecule has 4 N–H and O–H groups in total. The van der Waals surface area contributed by atoms with Crippen LogP contribution in [0.1, 0.15) is 174 Å². The van der Waals surface area contributed by atoms with Crippen LogP contribution in [0.25, 0.3) is 0 Å². The number of aliphatic hydroxyl groups excluding tert-OH is 4. The van der Waals surface area contributed by atoms with Gasteiger partial charge in [-0.25, -0.2) is 0 Å². The number of rotatable bonds is 34. The van der Waals surface area contributed by atoms with Crippen molar-refractivity contribution in [2.75, 3.05) is 26.4 Å². The molecule has 1 heterocycles. The van der Waals surface area contributed by atoms with Crippen LogP contribution in [-0.4, -0.2) is 89.6 Å². The van der Waals surface area contributed by atoms with Crippen LogP contribution in [0.3, 0.4) is 0 Å². The minimum Gasteiger partial charge on any atom is -0.457 e. The molecule has 0 bridgehead atoms. The van der Waals surface area contributed by atoms with Gasteiger partial charge in [-0.1, -0.05) is 142 Å². The first kappa shape index (κ1) is 46.0. The Balaban J connectivity index is 2.24. The van der Waals surface area contributed by atoms with Gasteiger partial charge in [0.05, 0.1) is 19.8 Å². The molecule has 0 saturated carbocycles. The van der Waals surface area contributed by atoms with E-state index in [-0.39, 0.29) is 19.2 Å². The molecule has 1 aliphatic rings. The van der Waals surface area contributed by atoms with Gasteiger partial charge in [-0.3, -0.25) is 4.79 Å². The van der Waals surface area contributed by atoms with Gasteiger partial charge < -0.3 is 39.4 Å². The van der Waals surface area contributed by atoms with Crippen molar-refractivity contribution in [2.45, 2.75) is 211 Å². The monoisotopic (exact) mass is 701 g/mol. The molecule has 6 atom stereocenters. The first-order chi connectivity index (χ1) is 23.9. The zero-order valence-electron chi connectivity index (χ0n) is 31.5. The topological polar surface area (TPSA) is 135 Å². The van der Waals surface area contributed by atoms with Gasteiger partial charge in [-0.15, -0.1) is 0 Å². The number of hydrogen-bond donors (Lipinski definition) is 4. The predicted octanol–water partition coefficient (Wildman–Crippen LogP) is 8.08. The number of unbranched alkanes of at least 4 members (excludes halogenated alkanes) is 21. The third kappa shape index (κ3) is 24.7. The first-order valence-electron chi connectivity index (χ1n) is 20.3. The molecule has 9 heteroatoms. The average molecular weight is 701 g/mol. The molecule has 1 fully saturated rings. The molecule has 1 aliphatic heterocycles.